The molecule has 0 aromatic rings. The zero-order valence-corrected chi connectivity index (χ0v) is 7.48. The fourth-order valence-electron chi connectivity index (χ4n) is 0.559. The summed E-state index contributed by atoms with van der Waals surface area (Å²) in [5.41, 5.74) is 0. The van der Waals surface area contributed by atoms with E-state index >= 15 is 0 Å². The molecule has 9 heteroatoms. The smallest absolute Gasteiger partial charge is 0.377 e. The van der Waals surface area contributed by atoms with E-state index in [0.29, 0.717) is 0 Å². The second kappa shape index (κ2) is 5.52. The molecule has 0 unspecified atom stereocenters. The van der Waals surface area contributed by atoms with Gasteiger partial charge in [-0.2, -0.15) is 0 Å². The number of methoxy groups -OCH3 is 1. The standard InChI is InChI=1S/C6H8F6O3/c1-13-4(2-14-5(7,8)9)3-15-6(10,11)12/h4H,2-3H2,1H3. The third kappa shape index (κ3) is 9.76. The highest BCUT2D eigenvalue weighted by atomic mass is 19.4. The van der Waals surface area contributed by atoms with E-state index < -0.39 is 32.0 Å². The molecule has 15 heavy (non-hydrogen) atoms. The number of rotatable bonds is 5. The average molecular weight is 242 g/mol. The van der Waals surface area contributed by atoms with Crippen LogP contribution < -0.4 is 0 Å². The highest BCUT2D eigenvalue weighted by Crippen LogP contribution is 2.19. The highest BCUT2D eigenvalue weighted by molar-refractivity contribution is 4.55. The van der Waals surface area contributed by atoms with Crippen LogP contribution in [0.1, 0.15) is 0 Å². The maximum absolute atomic E-state index is 11.5. The van der Waals surface area contributed by atoms with Gasteiger partial charge in [0.2, 0.25) is 0 Å². The summed E-state index contributed by atoms with van der Waals surface area (Å²) in [5.74, 6) is 0. The van der Waals surface area contributed by atoms with Gasteiger partial charge >= 0.3 is 12.7 Å². The second-order valence-corrected chi connectivity index (χ2v) is 2.37. The summed E-state index contributed by atoms with van der Waals surface area (Å²) >= 11 is 0. The monoisotopic (exact) mass is 242 g/mol. The minimum atomic E-state index is -4.91. The fraction of sp³-hybridized carbons (Fsp3) is 1.00. The Bertz CT molecular complexity index is 159. The van der Waals surface area contributed by atoms with Crippen LogP contribution in [-0.2, 0) is 14.2 Å². The largest absolute Gasteiger partial charge is 0.522 e. The molecule has 0 bridgehead atoms. The normalized spacial score (nSPS) is 13.6. The number of halogens is 6. The minimum Gasteiger partial charge on any atom is -0.377 e. The topological polar surface area (TPSA) is 27.7 Å². The van der Waals surface area contributed by atoms with Crippen molar-refractivity contribution in [3.63, 3.8) is 0 Å². The lowest BCUT2D eigenvalue weighted by molar-refractivity contribution is -0.347. The molecular formula is C6H8F6O3. The Morgan fingerprint density at radius 1 is 0.867 bits per heavy atom. The van der Waals surface area contributed by atoms with Gasteiger partial charge in [0.05, 0.1) is 13.2 Å². The first-order valence-electron chi connectivity index (χ1n) is 3.58. The summed E-state index contributed by atoms with van der Waals surface area (Å²) in [7, 11) is 0.949. The van der Waals surface area contributed by atoms with Crippen LogP contribution in [0.4, 0.5) is 26.3 Å². The molecule has 92 valence electrons. The van der Waals surface area contributed by atoms with Gasteiger partial charge in [0.25, 0.3) is 0 Å². The Labute approximate surface area is 80.9 Å². The third-order valence-corrected chi connectivity index (χ3v) is 1.20. The molecule has 0 N–H and O–H groups in total. The van der Waals surface area contributed by atoms with E-state index in [0.717, 1.165) is 7.11 Å². The van der Waals surface area contributed by atoms with Gasteiger partial charge in [-0.3, -0.25) is 9.47 Å². The number of hydrogen-bond acceptors (Lipinski definition) is 3. The van der Waals surface area contributed by atoms with Gasteiger partial charge in [0, 0.05) is 7.11 Å². The van der Waals surface area contributed by atoms with Crippen LogP contribution in [0.2, 0.25) is 0 Å². The molecule has 0 atom stereocenters. The molecule has 3 nitrogen and oxygen atoms in total. The molecule has 0 aliphatic heterocycles. The van der Waals surface area contributed by atoms with E-state index in [1.54, 1.807) is 0 Å². The second-order valence-electron chi connectivity index (χ2n) is 2.37. The van der Waals surface area contributed by atoms with Gasteiger partial charge in [-0.05, 0) is 0 Å². The molecule has 0 aliphatic carbocycles. The molecule has 0 spiro atoms. The minimum absolute atomic E-state index is 0.949. The van der Waals surface area contributed by atoms with E-state index in [-0.39, 0.29) is 0 Å². The first-order chi connectivity index (χ1) is 6.64. The van der Waals surface area contributed by atoms with E-state index in [2.05, 4.69) is 14.2 Å². The van der Waals surface area contributed by atoms with Crippen LogP contribution >= 0.6 is 0 Å². The molecule has 0 saturated carbocycles. The summed E-state index contributed by atoms with van der Waals surface area (Å²) in [5, 5.41) is 0. The van der Waals surface area contributed by atoms with Crippen LogP contribution in [0.5, 0.6) is 0 Å². The van der Waals surface area contributed by atoms with Gasteiger partial charge in [-0.1, -0.05) is 0 Å². The Balaban J connectivity index is 3.84. The summed E-state index contributed by atoms with van der Waals surface area (Å²) in [6, 6.07) is 0. The van der Waals surface area contributed by atoms with Crippen molar-refractivity contribution in [2.75, 3.05) is 20.3 Å². The van der Waals surface area contributed by atoms with Crippen molar-refractivity contribution in [1.82, 2.24) is 0 Å². The zero-order valence-electron chi connectivity index (χ0n) is 7.48. The molecule has 0 aromatic heterocycles. The summed E-state index contributed by atoms with van der Waals surface area (Å²) < 4.78 is 79.8. The Morgan fingerprint density at radius 3 is 1.40 bits per heavy atom. The summed E-state index contributed by atoms with van der Waals surface area (Å²) in [6.45, 7) is -2.12. The Hall–Kier alpha value is -0.540. The average Bonchev–Trinajstić information content (AvgIpc) is 2.00. The predicted octanol–water partition coefficient (Wildman–Crippen LogP) is 2.07. The van der Waals surface area contributed by atoms with Crippen LogP contribution in [0.15, 0.2) is 0 Å². The van der Waals surface area contributed by atoms with Crippen molar-refractivity contribution in [2.45, 2.75) is 18.8 Å². The maximum atomic E-state index is 11.5. The van der Waals surface area contributed by atoms with Crippen molar-refractivity contribution in [3.05, 3.63) is 0 Å². The highest BCUT2D eigenvalue weighted by Gasteiger charge is 2.33. The van der Waals surface area contributed by atoms with Gasteiger partial charge in [-0.15, -0.1) is 26.3 Å². The lowest BCUT2D eigenvalue weighted by atomic mass is 10.4. The zero-order chi connectivity index (χ0) is 12.1. The third-order valence-electron chi connectivity index (χ3n) is 1.20. The number of hydrogen-bond donors (Lipinski definition) is 0. The first kappa shape index (κ1) is 14.5. The molecule has 0 fully saturated rings. The van der Waals surface area contributed by atoms with Crippen molar-refractivity contribution >= 4 is 0 Å². The number of alkyl halides is 6. The van der Waals surface area contributed by atoms with Crippen LogP contribution in [0, 0.1) is 0 Å². The molecule has 0 saturated heterocycles. The predicted molar refractivity (Wildman–Crippen MR) is 34.8 cm³/mol. The van der Waals surface area contributed by atoms with E-state index in [1.165, 1.54) is 0 Å². The van der Waals surface area contributed by atoms with Gasteiger partial charge in [0.1, 0.15) is 6.10 Å². The fourth-order valence-corrected chi connectivity index (χ4v) is 0.559. The molecular weight excluding hydrogens is 234 g/mol. The van der Waals surface area contributed by atoms with E-state index in [4.69, 9.17) is 0 Å². The van der Waals surface area contributed by atoms with Crippen LogP contribution in [0.25, 0.3) is 0 Å². The maximum Gasteiger partial charge on any atom is 0.522 e. The Kier molecular flexibility index (Phi) is 5.32. The molecule has 0 aliphatic rings. The lowest BCUT2D eigenvalue weighted by Crippen LogP contribution is -2.31. The van der Waals surface area contributed by atoms with E-state index in [9.17, 15) is 26.3 Å². The lowest BCUT2D eigenvalue weighted by Gasteiger charge is -2.17. The summed E-state index contributed by atoms with van der Waals surface area (Å²) in [6.07, 6.45) is -11.3. The van der Waals surface area contributed by atoms with Crippen LogP contribution in [0.3, 0.4) is 0 Å². The number of ether oxygens (including phenoxy) is 3. The summed E-state index contributed by atoms with van der Waals surface area (Å²) in [4.78, 5) is 0. The van der Waals surface area contributed by atoms with Crippen molar-refractivity contribution < 1.29 is 40.6 Å². The van der Waals surface area contributed by atoms with E-state index in [1.807, 2.05) is 0 Å². The van der Waals surface area contributed by atoms with Crippen molar-refractivity contribution in [3.8, 4) is 0 Å². The van der Waals surface area contributed by atoms with Crippen LogP contribution in [-0.4, -0.2) is 39.2 Å². The van der Waals surface area contributed by atoms with Crippen molar-refractivity contribution in [2.24, 2.45) is 0 Å². The van der Waals surface area contributed by atoms with Gasteiger partial charge in [0.15, 0.2) is 0 Å². The first-order valence-corrected chi connectivity index (χ1v) is 3.58. The molecule has 0 aromatic carbocycles. The van der Waals surface area contributed by atoms with Gasteiger partial charge < -0.3 is 4.74 Å². The van der Waals surface area contributed by atoms with Gasteiger partial charge in [-0.25, -0.2) is 0 Å². The quantitative estimate of drug-likeness (QED) is 0.691. The Morgan fingerprint density at radius 2 is 1.20 bits per heavy atom. The SMILES string of the molecule is COC(COC(F)(F)F)COC(F)(F)F. The van der Waals surface area contributed by atoms with Crippen molar-refractivity contribution in [1.29, 1.82) is 0 Å². The molecule has 0 heterocycles. The molecule has 0 radical (unpaired) electrons. The molecule has 0 rings (SSSR count). The molecule has 0 amide bonds.